The van der Waals surface area contributed by atoms with Crippen LogP contribution in [0.15, 0.2) is 53.4 Å². The number of sulfonamides is 1. The fraction of sp³-hybridized carbons (Fsp3) is 0.348. The summed E-state index contributed by atoms with van der Waals surface area (Å²) in [5, 5.41) is 0.928. The van der Waals surface area contributed by atoms with E-state index in [0.29, 0.717) is 31.9 Å². The largest absolute Gasteiger partial charge is 0.497 e. The zero-order valence-electron chi connectivity index (χ0n) is 18.0. The number of aryl methyl sites for hydroxylation is 1. The zero-order valence-corrected chi connectivity index (χ0v) is 18.8. The van der Waals surface area contributed by atoms with E-state index in [4.69, 9.17) is 4.74 Å². The molecule has 1 atom stereocenters. The topological polar surface area (TPSA) is 82.7 Å². The van der Waals surface area contributed by atoms with Gasteiger partial charge in [-0.15, -0.1) is 0 Å². The Bertz CT molecular complexity index is 1190. The number of aromatic amines is 1. The molecule has 1 aliphatic rings. The predicted molar refractivity (Wildman–Crippen MR) is 120 cm³/mol. The minimum atomic E-state index is -3.57. The summed E-state index contributed by atoms with van der Waals surface area (Å²) in [5.74, 6) is 0.671. The molecule has 1 N–H and O–H groups in total. The van der Waals surface area contributed by atoms with Gasteiger partial charge in [-0.1, -0.05) is 18.2 Å². The number of fused-ring (bicyclic) bond motifs is 1. The molecule has 0 unspecified atom stereocenters. The van der Waals surface area contributed by atoms with Gasteiger partial charge in [0.15, 0.2) is 5.78 Å². The van der Waals surface area contributed by atoms with Crippen LogP contribution in [0.2, 0.25) is 0 Å². The first-order valence-corrected chi connectivity index (χ1v) is 11.8. The molecule has 1 fully saturated rings. The normalized spacial score (nSPS) is 17.0. The van der Waals surface area contributed by atoms with Gasteiger partial charge < -0.3 is 9.72 Å². The molecule has 0 bridgehead atoms. The second kappa shape index (κ2) is 8.45. The van der Waals surface area contributed by atoms with Crippen LogP contribution < -0.4 is 4.74 Å². The van der Waals surface area contributed by atoms with Gasteiger partial charge in [0.25, 0.3) is 0 Å². The summed E-state index contributed by atoms with van der Waals surface area (Å²) in [6.45, 7) is 5.52. The Labute approximate surface area is 182 Å². The number of hydrogen-bond donors (Lipinski definition) is 1. The van der Waals surface area contributed by atoms with Gasteiger partial charge in [-0.25, -0.2) is 8.42 Å². The lowest BCUT2D eigenvalue weighted by molar-refractivity contribution is 0.0783. The highest BCUT2D eigenvalue weighted by atomic mass is 32.2. The highest BCUT2D eigenvalue weighted by molar-refractivity contribution is 7.89. The molecule has 7 nitrogen and oxygen atoms in total. The molecular formula is C23H27N3O4S. The average molecular weight is 442 g/mol. The lowest BCUT2D eigenvalue weighted by Crippen LogP contribution is -2.53. The van der Waals surface area contributed by atoms with Crippen LogP contribution in [0, 0.1) is 6.92 Å². The molecule has 0 radical (unpaired) electrons. The van der Waals surface area contributed by atoms with Crippen LogP contribution in [0.3, 0.4) is 0 Å². The number of nitrogens with zero attached hydrogens (tertiary/aromatic N) is 2. The monoisotopic (exact) mass is 441 g/mol. The van der Waals surface area contributed by atoms with Crippen molar-refractivity contribution in [3.63, 3.8) is 0 Å². The maximum atomic E-state index is 13.3. The summed E-state index contributed by atoms with van der Waals surface area (Å²) in [5.41, 5.74) is 2.53. The average Bonchev–Trinajstić information content (AvgIpc) is 3.13. The van der Waals surface area contributed by atoms with E-state index in [-0.39, 0.29) is 16.7 Å². The van der Waals surface area contributed by atoms with Crippen LogP contribution in [0.5, 0.6) is 5.75 Å². The Morgan fingerprint density at radius 1 is 1.03 bits per heavy atom. The molecule has 2 heterocycles. The third kappa shape index (κ3) is 3.98. The van der Waals surface area contributed by atoms with Crippen molar-refractivity contribution in [1.29, 1.82) is 0 Å². The molecule has 31 heavy (non-hydrogen) atoms. The Hall–Kier alpha value is -2.68. The minimum Gasteiger partial charge on any atom is -0.497 e. The maximum Gasteiger partial charge on any atom is 0.243 e. The number of piperazine rings is 1. The molecule has 164 valence electrons. The Kier molecular flexibility index (Phi) is 5.88. The number of ketones is 1. The molecule has 0 aliphatic carbocycles. The van der Waals surface area contributed by atoms with E-state index in [1.54, 1.807) is 31.4 Å². The summed E-state index contributed by atoms with van der Waals surface area (Å²) in [7, 11) is -2.03. The summed E-state index contributed by atoms with van der Waals surface area (Å²) in [6, 6.07) is 13.9. The predicted octanol–water partition coefficient (Wildman–Crippen LogP) is 3.06. The summed E-state index contributed by atoms with van der Waals surface area (Å²) in [6.07, 6.45) is 0. The van der Waals surface area contributed by atoms with Crippen LogP contribution >= 0.6 is 0 Å². The molecule has 8 heteroatoms. The van der Waals surface area contributed by atoms with Gasteiger partial charge in [-0.2, -0.15) is 4.31 Å². The maximum absolute atomic E-state index is 13.3. The van der Waals surface area contributed by atoms with Gasteiger partial charge in [0, 0.05) is 48.3 Å². The Balaban J connectivity index is 1.46. The van der Waals surface area contributed by atoms with Crippen LogP contribution in [0.25, 0.3) is 10.9 Å². The second-order valence-corrected chi connectivity index (χ2v) is 9.76. The number of hydrogen-bond acceptors (Lipinski definition) is 5. The smallest absolute Gasteiger partial charge is 0.243 e. The van der Waals surface area contributed by atoms with Crippen molar-refractivity contribution in [3.05, 3.63) is 59.8 Å². The van der Waals surface area contributed by atoms with E-state index in [0.717, 1.165) is 22.2 Å². The van der Waals surface area contributed by atoms with Gasteiger partial charge in [0.05, 0.1) is 18.0 Å². The van der Waals surface area contributed by atoms with Gasteiger partial charge in [0.2, 0.25) is 10.0 Å². The number of ether oxygens (including phenoxy) is 1. The number of benzene rings is 2. The number of carbonyl (C=O) groups excluding carboxylic acids is 1. The van der Waals surface area contributed by atoms with Crippen molar-refractivity contribution < 1.29 is 17.9 Å². The lowest BCUT2D eigenvalue weighted by Gasteiger charge is -2.36. The van der Waals surface area contributed by atoms with Gasteiger partial charge in [-0.05, 0) is 44.2 Å². The zero-order chi connectivity index (χ0) is 22.2. The first-order valence-electron chi connectivity index (χ1n) is 10.3. The molecule has 0 amide bonds. The molecule has 0 saturated carbocycles. The fourth-order valence-electron chi connectivity index (χ4n) is 4.20. The Morgan fingerprint density at radius 2 is 1.68 bits per heavy atom. The number of nitrogens with one attached hydrogen (secondary N) is 1. The van der Waals surface area contributed by atoms with E-state index in [9.17, 15) is 13.2 Å². The van der Waals surface area contributed by atoms with Crippen molar-refractivity contribution in [2.75, 3.05) is 33.3 Å². The number of Topliss-reactive ketones (excluding diaryl/α,β-unsaturated/α-hetero) is 1. The number of para-hydroxylation sites is 1. The van der Waals surface area contributed by atoms with Gasteiger partial charge in [0.1, 0.15) is 5.75 Å². The standard InChI is InChI=1S/C23H27N3O4S/c1-16-22(20-6-4-5-7-21(20)24-16)23(27)17(2)25-12-14-26(15-13-25)31(28,29)19-10-8-18(30-3)9-11-19/h4-11,17,24H,12-15H2,1-3H3/t17-/m1/s1. The van der Waals surface area contributed by atoms with Crippen molar-refractivity contribution >= 4 is 26.7 Å². The van der Waals surface area contributed by atoms with Crippen molar-refractivity contribution in [1.82, 2.24) is 14.2 Å². The number of carbonyl (C=O) groups is 1. The quantitative estimate of drug-likeness (QED) is 0.595. The van der Waals surface area contributed by atoms with Crippen molar-refractivity contribution in [2.24, 2.45) is 0 Å². The van der Waals surface area contributed by atoms with Crippen LogP contribution in [-0.2, 0) is 10.0 Å². The fourth-order valence-corrected chi connectivity index (χ4v) is 5.62. The van der Waals surface area contributed by atoms with Gasteiger partial charge in [-0.3, -0.25) is 9.69 Å². The number of aromatic nitrogens is 1. The third-order valence-electron chi connectivity index (χ3n) is 6.04. The van der Waals surface area contributed by atoms with E-state index < -0.39 is 10.0 Å². The molecule has 0 spiro atoms. The molecule has 1 aromatic heterocycles. The first-order chi connectivity index (χ1) is 14.8. The van der Waals surface area contributed by atoms with Crippen molar-refractivity contribution in [2.45, 2.75) is 24.8 Å². The third-order valence-corrected chi connectivity index (χ3v) is 7.95. The highest BCUT2D eigenvalue weighted by Gasteiger charge is 2.33. The molecule has 3 aromatic rings. The van der Waals surface area contributed by atoms with Crippen LogP contribution in [0.1, 0.15) is 23.0 Å². The van der Waals surface area contributed by atoms with E-state index in [1.165, 1.54) is 4.31 Å². The Morgan fingerprint density at radius 3 is 2.32 bits per heavy atom. The summed E-state index contributed by atoms with van der Waals surface area (Å²) >= 11 is 0. The SMILES string of the molecule is COc1ccc(S(=O)(=O)N2CCN([C@H](C)C(=O)c3c(C)[nH]c4ccccc34)CC2)cc1. The molecule has 1 aliphatic heterocycles. The van der Waals surface area contributed by atoms with E-state index in [2.05, 4.69) is 9.88 Å². The lowest BCUT2D eigenvalue weighted by atomic mass is 10.0. The van der Waals surface area contributed by atoms with Crippen LogP contribution in [-0.4, -0.2) is 67.7 Å². The minimum absolute atomic E-state index is 0.0569. The van der Waals surface area contributed by atoms with Crippen LogP contribution in [0.4, 0.5) is 0 Å². The summed E-state index contributed by atoms with van der Waals surface area (Å²) < 4.78 is 32.5. The highest BCUT2D eigenvalue weighted by Crippen LogP contribution is 2.26. The number of rotatable bonds is 6. The molecular weight excluding hydrogens is 414 g/mol. The molecule has 1 saturated heterocycles. The number of H-pyrrole nitrogens is 1. The molecule has 2 aromatic carbocycles. The van der Waals surface area contributed by atoms with Crippen molar-refractivity contribution in [3.8, 4) is 5.75 Å². The molecule has 4 rings (SSSR count). The summed E-state index contributed by atoms with van der Waals surface area (Å²) in [4.78, 5) is 18.9. The van der Waals surface area contributed by atoms with Gasteiger partial charge >= 0.3 is 0 Å². The second-order valence-electron chi connectivity index (χ2n) is 7.83. The van der Waals surface area contributed by atoms with E-state index in [1.807, 2.05) is 38.1 Å². The number of methoxy groups -OCH3 is 1. The first kappa shape index (κ1) is 21.5. The van der Waals surface area contributed by atoms with E-state index >= 15 is 0 Å².